The van der Waals surface area contributed by atoms with Crippen molar-refractivity contribution in [3.05, 3.63) is 46.9 Å². The van der Waals surface area contributed by atoms with E-state index in [1.165, 1.54) is 17.7 Å². The van der Waals surface area contributed by atoms with Gasteiger partial charge in [-0.25, -0.2) is 9.97 Å². The first-order valence-electron chi connectivity index (χ1n) is 6.08. The van der Waals surface area contributed by atoms with Gasteiger partial charge in [0.05, 0.1) is 0 Å². The van der Waals surface area contributed by atoms with E-state index in [-0.39, 0.29) is 0 Å². The normalized spacial score (nSPS) is 13.4. The van der Waals surface area contributed by atoms with Crippen molar-refractivity contribution in [1.82, 2.24) is 9.97 Å². The molecule has 0 aliphatic heterocycles. The summed E-state index contributed by atoms with van der Waals surface area (Å²) in [6, 6.07) is 7.81. The summed E-state index contributed by atoms with van der Waals surface area (Å²) in [4.78, 5) is 10.9. The van der Waals surface area contributed by atoms with Gasteiger partial charge in [0, 0.05) is 29.0 Å². The summed E-state index contributed by atoms with van der Waals surface area (Å²) in [6.45, 7) is 0. The largest absolute Gasteiger partial charge is 0.329 e. The van der Waals surface area contributed by atoms with Gasteiger partial charge in [-0.15, -0.1) is 0 Å². The molecule has 0 radical (unpaired) electrons. The van der Waals surface area contributed by atoms with Gasteiger partial charge in [0.15, 0.2) is 0 Å². The topological polar surface area (TPSA) is 29.0 Å². The highest BCUT2D eigenvalue weighted by Crippen LogP contribution is 2.31. The van der Waals surface area contributed by atoms with Crippen molar-refractivity contribution in [2.24, 2.45) is 0 Å². The minimum atomic E-state index is 0.750. The minimum absolute atomic E-state index is 0.750. The van der Waals surface area contributed by atoms with Gasteiger partial charge in [-0.1, -0.05) is 11.6 Å². The SMILES string of the molecule is CN(c1ccc(Cl)cc1)c1ncnc2c1CCC2. The van der Waals surface area contributed by atoms with Crippen molar-refractivity contribution in [1.29, 1.82) is 0 Å². The van der Waals surface area contributed by atoms with Crippen molar-refractivity contribution in [3.8, 4) is 0 Å². The summed E-state index contributed by atoms with van der Waals surface area (Å²) in [5.74, 6) is 1.01. The highest BCUT2D eigenvalue weighted by Gasteiger charge is 2.19. The second-order valence-electron chi connectivity index (χ2n) is 4.51. The van der Waals surface area contributed by atoms with Gasteiger partial charge >= 0.3 is 0 Å². The van der Waals surface area contributed by atoms with Crippen LogP contribution in [0.5, 0.6) is 0 Å². The molecule has 3 rings (SSSR count). The van der Waals surface area contributed by atoms with Crippen LogP contribution in [-0.2, 0) is 12.8 Å². The van der Waals surface area contributed by atoms with E-state index >= 15 is 0 Å². The van der Waals surface area contributed by atoms with Crippen LogP contribution in [0.3, 0.4) is 0 Å². The quantitative estimate of drug-likeness (QED) is 0.828. The molecule has 1 heterocycles. The number of benzene rings is 1. The Labute approximate surface area is 111 Å². The van der Waals surface area contributed by atoms with E-state index in [2.05, 4.69) is 14.9 Å². The van der Waals surface area contributed by atoms with Gasteiger partial charge in [0.2, 0.25) is 0 Å². The molecule has 0 N–H and O–H groups in total. The molecule has 0 saturated heterocycles. The molecule has 1 aliphatic carbocycles. The Morgan fingerprint density at radius 2 is 1.89 bits per heavy atom. The van der Waals surface area contributed by atoms with Crippen LogP contribution < -0.4 is 4.90 Å². The molecule has 92 valence electrons. The Bertz CT molecular complexity index is 566. The van der Waals surface area contributed by atoms with Crippen molar-refractivity contribution in [2.45, 2.75) is 19.3 Å². The van der Waals surface area contributed by atoms with E-state index in [0.717, 1.165) is 29.4 Å². The third-order valence-corrected chi connectivity index (χ3v) is 3.64. The maximum atomic E-state index is 5.91. The fourth-order valence-corrected chi connectivity index (χ4v) is 2.54. The minimum Gasteiger partial charge on any atom is -0.329 e. The summed E-state index contributed by atoms with van der Waals surface area (Å²) in [5.41, 5.74) is 3.57. The Kier molecular flexibility index (Phi) is 2.92. The first-order valence-corrected chi connectivity index (χ1v) is 6.45. The van der Waals surface area contributed by atoms with Gasteiger partial charge in [-0.2, -0.15) is 0 Å². The fourth-order valence-electron chi connectivity index (χ4n) is 2.42. The molecule has 3 nitrogen and oxygen atoms in total. The van der Waals surface area contributed by atoms with E-state index in [4.69, 9.17) is 11.6 Å². The molecule has 0 bridgehead atoms. The van der Waals surface area contributed by atoms with Gasteiger partial charge < -0.3 is 4.90 Å². The first kappa shape index (κ1) is 11.5. The van der Waals surface area contributed by atoms with E-state index in [0.29, 0.717) is 0 Å². The molecule has 2 aromatic rings. The number of aromatic nitrogens is 2. The highest BCUT2D eigenvalue weighted by atomic mass is 35.5. The number of fused-ring (bicyclic) bond motifs is 1. The van der Waals surface area contributed by atoms with Crippen molar-refractivity contribution >= 4 is 23.1 Å². The molecule has 0 spiro atoms. The lowest BCUT2D eigenvalue weighted by atomic mass is 10.2. The fraction of sp³-hybridized carbons (Fsp3) is 0.286. The Morgan fingerprint density at radius 3 is 2.67 bits per heavy atom. The predicted octanol–water partition coefficient (Wildman–Crippen LogP) is 3.39. The van der Waals surface area contributed by atoms with Crippen LogP contribution in [0.15, 0.2) is 30.6 Å². The summed E-state index contributed by atoms with van der Waals surface area (Å²) < 4.78 is 0. The van der Waals surface area contributed by atoms with E-state index < -0.39 is 0 Å². The molecule has 1 aromatic carbocycles. The number of halogens is 1. The third kappa shape index (κ3) is 1.95. The molecular weight excluding hydrogens is 246 g/mol. The lowest BCUT2D eigenvalue weighted by molar-refractivity contribution is 0.899. The van der Waals surface area contributed by atoms with Crippen molar-refractivity contribution < 1.29 is 0 Å². The van der Waals surface area contributed by atoms with Crippen LogP contribution in [-0.4, -0.2) is 17.0 Å². The van der Waals surface area contributed by atoms with E-state index in [1.54, 1.807) is 6.33 Å². The zero-order chi connectivity index (χ0) is 12.5. The Balaban J connectivity index is 2.00. The summed E-state index contributed by atoms with van der Waals surface area (Å²) in [7, 11) is 2.03. The lowest BCUT2D eigenvalue weighted by Crippen LogP contribution is -2.14. The molecule has 18 heavy (non-hydrogen) atoms. The summed E-state index contributed by atoms with van der Waals surface area (Å²) in [6.07, 6.45) is 4.98. The van der Waals surface area contributed by atoms with E-state index in [1.807, 2.05) is 31.3 Å². The van der Waals surface area contributed by atoms with Gasteiger partial charge in [-0.3, -0.25) is 0 Å². The molecule has 4 heteroatoms. The number of hydrogen-bond acceptors (Lipinski definition) is 3. The molecular formula is C14H14ClN3. The van der Waals surface area contributed by atoms with Crippen LogP contribution in [0.4, 0.5) is 11.5 Å². The molecule has 0 unspecified atom stereocenters. The first-order chi connectivity index (χ1) is 8.75. The Morgan fingerprint density at radius 1 is 1.11 bits per heavy atom. The molecule has 1 aromatic heterocycles. The molecule has 1 aliphatic rings. The van der Waals surface area contributed by atoms with Gasteiger partial charge in [0.1, 0.15) is 12.1 Å². The summed E-state index contributed by atoms with van der Waals surface area (Å²) in [5, 5.41) is 0.750. The average molecular weight is 260 g/mol. The molecule has 0 fully saturated rings. The maximum absolute atomic E-state index is 5.91. The number of hydrogen-bond donors (Lipinski definition) is 0. The zero-order valence-electron chi connectivity index (χ0n) is 10.2. The second kappa shape index (κ2) is 4.58. The molecule has 0 amide bonds. The van der Waals surface area contributed by atoms with Crippen molar-refractivity contribution in [2.75, 3.05) is 11.9 Å². The number of anilines is 2. The van der Waals surface area contributed by atoms with Crippen LogP contribution in [0.25, 0.3) is 0 Å². The van der Waals surface area contributed by atoms with Gasteiger partial charge in [-0.05, 0) is 43.5 Å². The maximum Gasteiger partial charge on any atom is 0.139 e. The number of rotatable bonds is 2. The monoisotopic (exact) mass is 259 g/mol. The molecule has 0 saturated carbocycles. The number of nitrogens with zero attached hydrogens (tertiary/aromatic N) is 3. The van der Waals surface area contributed by atoms with Crippen LogP contribution in [0.1, 0.15) is 17.7 Å². The van der Waals surface area contributed by atoms with Crippen LogP contribution in [0.2, 0.25) is 5.02 Å². The lowest BCUT2D eigenvalue weighted by Gasteiger charge is -2.20. The second-order valence-corrected chi connectivity index (χ2v) is 4.95. The average Bonchev–Trinajstić information content (AvgIpc) is 2.87. The van der Waals surface area contributed by atoms with Crippen LogP contribution >= 0.6 is 11.6 Å². The predicted molar refractivity (Wildman–Crippen MR) is 73.6 cm³/mol. The third-order valence-electron chi connectivity index (χ3n) is 3.38. The highest BCUT2D eigenvalue weighted by molar-refractivity contribution is 6.30. The molecule has 0 atom stereocenters. The van der Waals surface area contributed by atoms with E-state index in [9.17, 15) is 0 Å². The zero-order valence-corrected chi connectivity index (χ0v) is 11.0. The number of aryl methyl sites for hydroxylation is 1. The van der Waals surface area contributed by atoms with Gasteiger partial charge in [0.25, 0.3) is 0 Å². The standard InChI is InChI=1S/C14H14ClN3/c1-18(11-7-5-10(15)6-8-11)14-12-3-2-4-13(12)16-9-17-14/h5-9H,2-4H2,1H3. The smallest absolute Gasteiger partial charge is 0.139 e. The van der Waals surface area contributed by atoms with Crippen LogP contribution in [0, 0.1) is 0 Å². The van der Waals surface area contributed by atoms with Crippen molar-refractivity contribution in [3.63, 3.8) is 0 Å². The summed E-state index contributed by atoms with van der Waals surface area (Å²) >= 11 is 5.91. The Hall–Kier alpha value is -1.61.